The molecule has 0 aliphatic heterocycles. The van der Waals surface area contributed by atoms with Gasteiger partial charge in [-0.3, -0.25) is 0 Å². The molecule has 23 aromatic carbocycles. The molecule has 4 aromatic heterocycles. The first-order valence-corrected chi connectivity index (χ1v) is 46.0. The summed E-state index contributed by atoms with van der Waals surface area (Å²) < 4.78 is 18.6. The van der Waals surface area contributed by atoms with Crippen LogP contribution in [0, 0.1) is 0 Å². The second-order valence-electron chi connectivity index (χ2n) is 35.2. The van der Waals surface area contributed by atoms with Gasteiger partial charge in [-0.05, 0) is 238 Å². The molecular formula is C128H80N4O2. The van der Waals surface area contributed by atoms with Gasteiger partial charge < -0.3 is 27.8 Å². The Bertz CT molecular complexity index is 9320. The summed E-state index contributed by atoms with van der Waals surface area (Å²) >= 11 is 0. The minimum Gasteiger partial charge on any atom is -0.455 e. The van der Waals surface area contributed by atoms with Gasteiger partial charge in [-0.15, -0.1) is 0 Å². The van der Waals surface area contributed by atoms with E-state index >= 15 is 0 Å². The number of aromatic nitrogens is 2. The third-order valence-electron chi connectivity index (χ3n) is 27.9. The summed E-state index contributed by atoms with van der Waals surface area (Å²) in [6, 6.07) is 178. The lowest BCUT2D eigenvalue weighted by Crippen LogP contribution is -2.10. The highest BCUT2D eigenvalue weighted by atomic mass is 16.3. The average Bonchev–Trinajstić information content (AvgIpc) is 1.26. The van der Waals surface area contributed by atoms with Crippen molar-refractivity contribution in [3.05, 3.63) is 485 Å². The standard InChI is InChI=1S/C128H80N4O2/c1-3-30-96(104-37-11-19-48-118(104)131-120-50-21-13-40-107(120)108-41-14-22-51-121(108)131)93(28-1)81-58-66-88(67-59-81)129(92-74-75-103-100-34-6-5-32-98(100)99-33-7-8-35-101(99)116(103)80-92)89-68-64-84(65-69-89)115-77-87(78-117-112-45-18-26-55-126(112)134-128(115)117)85-56-57-86-79-124(106-39-10-9-36-102(106)114(86)76-85)130(91-72-62-83(63-73-91)95-46-27-47-113-111-44-17-25-54-125(111)133-127(95)113)90-70-60-82(61-71-90)94-29-2-4-31-97(94)105-38-12-20-49-119(105)132-122-52-23-15-42-109(122)110-43-16-24-53-123(110)132/h1-80H. The van der Waals surface area contributed by atoms with Crippen LogP contribution in [0.2, 0.25) is 0 Å². The van der Waals surface area contributed by atoms with Crippen LogP contribution in [0.1, 0.15) is 0 Å². The van der Waals surface area contributed by atoms with Gasteiger partial charge >= 0.3 is 0 Å². The molecule has 0 radical (unpaired) electrons. The van der Waals surface area contributed by atoms with Crippen LogP contribution in [-0.2, 0) is 0 Å². The van der Waals surface area contributed by atoms with E-state index in [1.807, 2.05) is 6.07 Å². The summed E-state index contributed by atoms with van der Waals surface area (Å²) in [6.07, 6.45) is 0. The van der Waals surface area contributed by atoms with Crippen molar-refractivity contribution in [1.29, 1.82) is 0 Å². The summed E-state index contributed by atoms with van der Waals surface area (Å²) in [4.78, 5) is 4.87. The molecule has 6 heteroatoms. The minimum atomic E-state index is 0.843. The van der Waals surface area contributed by atoms with Gasteiger partial charge in [0.05, 0.1) is 39.1 Å². The third kappa shape index (κ3) is 12.3. The van der Waals surface area contributed by atoms with Gasteiger partial charge in [0.2, 0.25) is 0 Å². The molecule has 0 aliphatic carbocycles. The Balaban J connectivity index is 0.574. The van der Waals surface area contributed by atoms with Crippen molar-refractivity contribution < 1.29 is 8.83 Å². The van der Waals surface area contributed by atoms with E-state index in [-0.39, 0.29) is 0 Å². The summed E-state index contributed by atoms with van der Waals surface area (Å²) in [5, 5.41) is 21.2. The highest BCUT2D eigenvalue weighted by molar-refractivity contribution is 6.26. The van der Waals surface area contributed by atoms with E-state index in [0.29, 0.717) is 0 Å². The number of nitrogens with zero attached hydrogens (tertiary/aromatic N) is 4. The molecule has 624 valence electrons. The van der Waals surface area contributed by atoms with Crippen molar-refractivity contribution in [3.63, 3.8) is 0 Å². The number of benzene rings is 23. The van der Waals surface area contributed by atoms with Gasteiger partial charge in [0.1, 0.15) is 22.3 Å². The van der Waals surface area contributed by atoms with Crippen LogP contribution >= 0.6 is 0 Å². The van der Waals surface area contributed by atoms with E-state index < -0.39 is 0 Å². The second kappa shape index (κ2) is 31.0. The van der Waals surface area contributed by atoms with E-state index in [0.717, 1.165) is 189 Å². The molecule has 0 unspecified atom stereocenters. The first kappa shape index (κ1) is 76.2. The summed E-state index contributed by atoms with van der Waals surface area (Å²) in [5.74, 6) is 0. The maximum Gasteiger partial charge on any atom is 0.143 e. The first-order valence-electron chi connectivity index (χ1n) is 46.0. The van der Waals surface area contributed by atoms with Crippen LogP contribution in [-0.4, -0.2) is 9.13 Å². The number of furan rings is 2. The van der Waals surface area contributed by atoms with Gasteiger partial charge in [-0.25, -0.2) is 0 Å². The molecular weight excluding hydrogens is 1630 g/mol. The third-order valence-corrected chi connectivity index (χ3v) is 27.9. The zero-order chi connectivity index (χ0) is 88.0. The number of para-hydroxylation sites is 9. The van der Waals surface area contributed by atoms with Gasteiger partial charge in [-0.1, -0.05) is 352 Å². The molecule has 0 saturated carbocycles. The van der Waals surface area contributed by atoms with Gasteiger partial charge in [-0.2, -0.15) is 0 Å². The Morgan fingerprint density at radius 2 is 0.478 bits per heavy atom. The van der Waals surface area contributed by atoms with Crippen LogP contribution in [0.25, 0.3) is 231 Å². The molecule has 0 aliphatic rings. The van der Waals surface area contributed by atoms with E-state index in [2.05, 4.69) is 498 Å². The summed E-state index contributed by atoms with van der Waals surface area (Å²) in [5.41, 5.74) is 32.2. The molecule has 0 fully saturated rings. The van der Waals surface area contributed by atoms with Crippen molar-refractivity contribution in [2.75, 3.05) is 9.80 Å². The van der Waals surface area contributed by atoms with E-state index in [9.17, 15) is 0 Å². The minimum absolute atomic E-state index is 0.843. The number of rotatable bonds is 15. The van der Waals surface area contributed by atoms with Crippen LogP contribution in [0.3, 0.4) is 0 Å². The van der Waals surface area contributed by atoms with Crippen LogP contribution in [0.15, 0.2) is 494 Å². The maximum atomic E-state index is 7.06. The van der Waals surface area contributed by atoms with Gasteiger partial charge in [0.25, 0.3) is 0 Å². The van der Waals surface area contributed by atoms with Crippen molar-refractivity contribution in [3.8, 4) is 89.3 Å². The maximum absolute atomic E-state index is 7.06. The predicted octanol–water partition coefficient (Wildman–Crippen LogP) is 36.1. The smallest absolute Gasteiger partial charge is 0.143 e. The van der Waals surface area contributed by atoms with Crippen LogP contribution < -0.4 is 9.80 Å². The fourth-order valence-corrected chi connectivity index (χ4v) is 21.8. The molecule has 27 rings (SSSR count). The van der Waals surface area contributed by atoms with Crippen molar-refractivity contribution in [2.24, 2.45) is 0 Å². The fraction of sp³-hybridized carbons (Fsp3) is 0. The summed E-state index contributed by atoms with van der Waals surface area (Å²) in [6.45, 7) is 0. The Kier molecular flexibility index (Phi) is 17.6. The molecule has 27 aromatic rings. The molecule has 0 amide bonds. The molecule has 0 spiro atoms. The fourth-order valence-electron chi connectivity index (χ4n) is 21.8. The molecule has 134 heavy (non-hydrogen) atoms. The quantitative estimate of drug-likeness (QED) is 0.0960. The molecule has 0 N–H and O–H groups in total. The highest BCUT2D eigenvalue weighted by Gasteiger charge is 2.27. The van der Waals surface area contributed by atoms with Gasteiger partial charge in [0.15, 0.2) is 0 Å². The lowest BCUT2D eigenvalue weighted by Gasteiger charge is -2.28. The monoisotopic (exact) mass is 1700 g/mol. The van der Waals surface area contributed by atoms with E-state index in [4.69, 9.17) is 8.83 Å². The Morgan fingerprint density at radius 3 is 0.963 bits per heavy atom. The Labute approximate surface area is 772 Å². The highest BCUT2D eigenvalue weighted by Crippen LogP contribution is 2.51. The number of hydrogen-bond donors (Lipinski definition) is 0. The molecule has 4 heterocycles. The Morgan fingerprint density at radius 1 is 0.157 bits per heavy atom. The summed E-state index contributed by atoms with van der Waals surface area (Å²) in [7, 11) is 0. The average molecular weight is 1710 g/mol. The molecule has 0 bridgehead atoms. The normalized spacial score (nSPS) is 11.9. The zero-order valence-corrected chi connectivity index (χ0v) is 72.8. The molecule has 6 nitrogen and oxygen atoms in total. The van der Waals surface area contributed by atoms with Gasteiger partial charge in [0, 0.05) is 99.2 Å². The molecule has 0 atom stereocenters. The van der Waals surface area contributed by atoms with E-state index in [1.165, 1.54) is 75.9 Å². The lowest BCUT2D eigenvalue weighted by atomic mass is 9.92. The van der Waals surface area contributed by atoms with Crippen molar-refractivity contribution in [1.82, 2.24) is 9.13 Å². The SMILES string of the molecule is c1ccc(-c2ccccc2-n2c3ccccc3c3ccccc32)c(-c2ccc(N(c3ccc(-c4cc(-c5ccc6cc(N(c7ccc(-c8ccccc8-c8ccccc8-n8c9ccccc9c9ccccc98)cc7)c7ccc(-c8cccc9c8oc8ccccc89)cc7)c7ccccc7c6c5)cc5c4oc4ccccc45)cc3)c3ccc4c5ccccc5c5ccccc5c4c3)cc2)c1. The van der Waals surface area contributed by atoms with E-state index in [1.54, 1.807) is 0 Å². The van der Waals surface area contributed by atoms with Crippen molar-refractivity contribution in [2.45, 2.75) is 0 Å². The topological polar surface area (TPSA) is 42.6 Å². The van der Waals surface area contributed by atoms with Crippen LogP contribution in [0.5, 0.6) is 0 Å². The molecule has 0 saturated heterocycles. The largest absolute Gasteiger partial charge is 0.455 e. The predicted molar refractivity (Wildman–Crippen MR) is 565 cm³/mol. The second-order valence-corrected chi connectivity index (χ2v) is 35.2. The Hall–Kier alpha value is -17.8. The van der Waals surface area contributed by atoms with Crippen LogP contribution in [0.4, 0.5) is 34.1 Å². The van der Waals surface area contributed by atoms with Crippen molar-refractivity contribution >= 4 is 175 Å². The lowest BCUT2D eigenvalue weighted by molar-refractivity contribution is 0.669. The number of fused-ring (bicyclic) bond motifs is 21. The number of hydrogen-bond acceptors (Lipinski definition) is 4. The zero-order valence-electron chi connectivity index (χ0n) is 72.8. The first-order chi connectivity index (χ1) is 66.5. The number of anilines is 6.